The number of hydrogen-bond acceptors (Lipinski definition) is 7. The lowest BCUT2D eigenvalue weighted by molar-refractivity contribution is -0.138. The second kappa shape index (κ2) is 10.4. The number of carboxylic acid groups (broad SMARTS) is 1. The number of aryl methyl sites for hydroxylation is 1. The van der Waals surface area contributed by atoms with Gasteiger partial charge in [0.1, 0.15) is 5.75 Å². The average Bonchev–Trinajstić information content (AvgIpc) is 3.30. The molecule has 3 aromatic rings. The van der Waals surface area contributed by atoms with Crippen molar-refractivity contribution in [1.29, 1.82) is 0 Å². The third-order valence-electron chi connectivity index (χ3n) is 6.24. The predicted octanol–water partition coefficient (Wildman–Crippen LogP) is 5.13. The number of nitrogens with one attached hydrogen (secondary N) is 2. The summed E-state index contributed by atoms with van der Waals surface area (Å²) in [7, 11) is 1.60. The predicted molar refractivity (Wildman–Crippen MR) is 127 cm³/mol. The Bertz CT molecular complexity index is 1150. The first-order chi connectivity index (χ1) is 16.4. The Kier molecular flexibility index (Phi) is 7.10. The van der Waals surface area contributed by atoms with Crippen molar-refractivity contribution in [3.8, 4) is 5.75 Å². The molecule has 9 heteroatoms. The zero-order valence-corrected chi connectivity index (χ0v) is 19.2. The highest BCUT2D eigenvalue weighted by Gasteiger charge is 2.24. The molecule has 0 saturated heterocycles. The SMILES string of the molecule is COc1ccc(Nc2nnc(C(=O)Nc3ccc([C@H]4CC[C@H](CC(=O)O)CC4)cc3)o2)c(C)c1. The minimum atomic E-state index is -0.719. The van der Waals surface area contributed by atoms with E-state index in [0.29, 0.717) is 11.6 Å². The summed E-state index contributed by atoms with van der Waals surface area (Å²) in [4.78, 5) is 23.4. The fraction of sp³-hybridized carbons (Fsp3) is 0.360. The van der Waals surface area contributed by atoms with Crippen molar-refractivity contribution < 1.29 is 23.8 Å². The van der Waals surface area contributed by atoms with Gasteiger partial charge in [0, 0.05) is 17.8 Å². The molecule has 2 aromatic carbocycles. The highest BCUT2D eigenvalue weighted by atomic mass is 16.5. The molecule has 1 amide bonds. The molecule has 178 valence electrons. The van der Waals surface area contributed by atoms with Crippen LogP contribution in [0.3, 0.4) is 0 Å². The number of hydrogen-bond donors (Lipinski definition) is 3. The van der Waals surface area contributed by atoms with E-state index in [2.05, 4.69) is 20.8 Å². The molecule has 0 radical (unpaired) electrons. The monoisotopic (exact) mass is 464 g/mol. The second-order valence-electron chi connectivity index (χ2n) is 8.61. The molecule has 0 spiro atoms. The molecule has 1 aliphatic carbocycles. The zero-order valence-electron chi connectivity index (χ0n) is 19.2. The quantitative estimate of drug-likeness (QED) is 0.419. The number of aromatic nitrogens is 2. The van der Waals surface area contributed by atoms with E-state index in [1.165, 1.54) is 5.56 Å². The van der Waals surface area contributed by atoms with Crippen LogP contribution in [0.1, 0.15) is 59.8 Å². The smallest absolute Gasteiger partial charge is 0.320 e. The van der Waals surface area contributed by atoms with Crippen molar-refractivity contribution in [2.45, 2.75) is 44.9 Å². The minimum Gasteiger partial charge on any atom is -0.497 e. The lowest BCUT2D eigenvalue weighted by atomic mass is 9.77. The van der Waals surface area contributed by atoms with Gasteiger partial charge in [0.25, 0.3) is 0 Å². The molecule has 3 N–H and O–H groups in total. The molecule has 1 aromatic heterocycles. The Morgan fingerprint density at radius 2 is 1.82 bits per heavy atom. The topological polar surface area (TPSA) is 127 Å². The maximum Gasteiger partial charge on any atom is 0.320 e. The van der Waals surface area contributed by atoms with E-state index in [4.69, 9.17) is 14.3 Å². The molecular weight excluding hydrogens is 436 g/mol. The van der Waals surface area contributed by atoms with Gasteiger partial charge in [0.15, 0.2) is 0 Å². The van der Waals surface area contributed by atoms with Gasteiger partial charge in [-0.15, -0.1) is 5.10 Å². The van der Waals surface area contributed by atoms with Gasteiger partial charge in [0.2, 0.25) is 0 Å². The van der Waals surface area contributed by atoms with Crippen LogP contribution in [0, 0.1) is 12.8 Å². The number of carbonyl (C=O) groups excluding carboxylic acids is 1. The Morgan fingerprint density at radius 3 is 2.47 bits per heavy atom. The van der Waals surface area contributed by atoms with Crippen LogP contribution in [-0.2, 0) is 4.79 Å². The first kappa shape index (κ1) is 23.3. The van der Waals surface area contributed by atoms with Crippen LogP contribution in [0.4, 0.5) is 17.4 Å². The molecule has 0 aliphatic heterocycles. The molecule has 0 unspecified atom stereocenters. The van der Waals surface area contributed by atoms with Crippen LogP contribution >= 0.6 is 0 Å². The van der Waals surface area contributed by atoms with E-state index in [-0.39, 0.29) is 24.2 Å². The maximum atomic E-state index is 12.5. The van der Waals surface area contributed by atoms with Crippen molar-refractivity contribution >= 4 is 29.3 Å². The highest BCUT2D eigenvalue weighted by Crippen LogP contribution is 2.37. The molecule has 1 aliphatic rings. The summed E-state index contributed by atoms with van der Waals surface area (Å²) in [5.74, 6) is 0.0769. The summed E-state index contributed by atoms with van der Waals surface area (Å²) < 4.78 is 10.7. The van der Waals surface area contributed by atoms with Crippen LogP contribution in [-0.4, -0.2) is 34.3 Å². The third-order valence-corrected chi connectivity index (χ3v) is 6.24. The fourth-order valence-corrected chi connectivity index (χ4v) is 4.35. The summed E-state index contributed by atoms with van der Waals surface area (Å²) in [6.45, 7) is 1.92. The van der Waals surface area contributed by atoms with Crippen LogP contribution in [0.2, 0.25) is 0 Å². The largest absolute Gasteiger partial charge is 0.497 e. The highest BCUT2D eigenvalue weighted by molar-refractivity contribution is 6.00. The van der Waals surface area contributed by atoms with Gasteiger partial charge >= 0.3 is 23.8 Å². The van der Waals surface area contributed by atoms with Gasteiger partial charge in [-0.1, -0.05) is 17.2 Å². The molecule has 0 atom stereocenters. The number of carbonyl (C=O) groups is 2. The van der Waals surface area contributed by atoms with Gasteiger partial charge < -0.3 is 24.9 Å². The van der Waals surface area contributed by atoms with E-state index in [9.17, 15) is 9.59 Å². The molecule has 1 heterocycles. The summed E-state index contributed by atoms with van der Waals surface area (Å²) in [5.41, 5.74) is 3.53. The summed E-state index contributed by atoms with van der Waals surface area (Å²) in [5, 5.41) is 22.5. The third kappa shape index (κ3) is 5.72. The number of amides is 1. The van der Waals surface area contributed by atoms with E-state index >= 15 is 0 Å². The van der Waals surface area contributed by atoms with E-state index < -0.39 is 11.9 Å². The number of rotatable bonds is 8. The lowest BCUT2D eigenvalue weighted by Crippen LogP contribution is -2.16. The number of carboxylic acids is 1. The number of ether oxygens (including phenoxy) is 1. The van der Waals surface area contributed by atoms with Crippen molar-refractivity contribution in [2.24, 2.45) is 5.92 Å². The van der Waals surface area contributed by atoms with Crippen molar-refractivity contribution in [1.82, 2.24) is 10.2 Å². The average molecular weight is 465 g/mol. The van der Waals surface area contributed by atoms with Crippen LogP contribution in [0.25, 0.3) is 0 Å². The number of aliphatic carboxylic acids is 1. The fourth-order valence-electron chi connectivity index (χ4n) is 4.35. The maximum absolute atomic E-state index is 12.5. The molecule has 9 nitrogen and oxygen atoms in total. The van der Waals surface area contributed by atoms with E-state index in [1.54, 1.807) is 7.11 Å². The van der Waals surface area contributed by atoms with Crippen molar-refractivity contribution in [3.05, 3.63) is 59.5 Å². The first-order valence-corrected chi connectivity index (χ1v) is 11.3. The normalized spacial score (nSPS) is 17.7. The van der Waals surface area contributed by atoms with Crippen LogP contribution in [0.5, 0.6) is 5.75 Å². The number of anilines is 3. The van der Waals surface area contributed by atoms with Crippen LogP contribution < -0.4 is 15.4 Å². The number of nitrogens with zero attached hydrogens (tertiary/aromatic N) is 2. The van der Waals surface area contributed by atoms with Gasteiger partial charge in [-0.3, -0.25) is 9.59 Å². The lowest BCUT2D eigenvalue weighted by Gasteiger charge is -2.28. The van der Waals surface area contributed by atoms with E-state index in [0.717, 1.165) is 42.7 Å². The van der Waals surface area contributed by atoms with Crippen LogP contribution in [0.15, 0.2) is 46.9 Å². The summed E-state index contributed by atoms with van der Waals surface area (Å²) >= 11 is 0. The van der Waals surface area contributed by atoms with Gasteiger partial charge in [-0.25, -0.2) is 0 Å². The molecule has 1 fully saturated rings. The number of methoxy groups -OCH3 is 1. The van der Waals surface area contributed by atoms with Crippen molar-refractivity contribution in [2.75, 3.05) is 17.7 Å². The Labute approximate surface area is 197 Å². The van der Waals surface area contributed by atoms with Gasteiger partial charge in [0.05, 0.1) is 7.11 Å². The van der Waals surface area contributed by atoms with Gasteiger partial charge in [-0.2, -0.15) is 0 Å². The molecule has 0 bridgehead atoms. The standard InChI is InChI=1S/C25H28N4O5/c1-15-13-20(33-2)11-12-21(15)27-25-29-28-24(34-25)23(32)26-19-9-7-18(8-10-19)17-5-3-16(4-6-17)14-22(30)31/h7-13,16-17H,3-6,14H2,1-2H3,(H,26,32)(H,27,29)(H,30,31)/t16-,17-. The zero-order chi connectivity index (χ0) is 24.1. The molecular formula is C25H28N4O5. The second-order valence-corrected chi connectivity index (χ2v) is 8.61. The Balaban J connectivity index is 1.32. The Hall–Kier alpha value is -3.88. The summed E-state index contributed by atoms with van der Waals surface area (Å²) in [6.07, 6.45) is 4.08. The summed E-state index contributed by atoms with van der Waals surface area (Å²) in [6, 6.07) is 13.4. The van der Waals surface area contributed by atoms with Crippen molar-refractivity contribution in [3.63, 3.8) is 0 Å². The van der Waals surface area contributed by atoms with E-state index in [1.807, 2.05) is 49.4 Å². The number of benzene rings is 2. The first-order valence-electron chi connectivity index (χ1n) is 11.3. The molecule has 1 saturated carbocycles. The molecule has 4 rings (SSSR count). The Morgan fingerprint density at radius 1 is 1.09 bits per heavy atom. The van der Waals surface area contributed by atoms with Gasteiger partial charge in [-0.05, 0) is 85.9 Å². The minimum absolute atomic E-state index is 0.118. The molecule has 34 heavy (non-hydrogen) atoms.